The van der Waals surface area contributed by atoms with Gasteiger partial charge in [0.25, 0.3) is 0 Å². The number of anilines is 2. The number of aromatic nitrogens is 1. The van der Waals surface area contributed by atoms with Crippen LogP contribution in [-0.4, -0.2) is 18.1 Å². The van der Waals surface area contributed by atoms with Crippen LogP contribution in [0.25, 0.3) is 31.2 Å². The van der Waals surface area contributed by atoms with E-state index in [9.17, 15) is 4.79 Å². The van der Waals surface area contributed by atoms with E-state index in [1.807, 2.05) is 24.3 Å². The van der Waals surface area contributed by atoms with Gasteiger partial charge in [-0.15, -0.1) is 11.3 Å². The first-order chi connectivity index (χ1) is 13.2. The Balaban J connectivity index is 2.13. The maximum absolute atomic E-state index is 12.8. The zero-order valence-corrected chi connectivity index (χ0v) is 16.5. The third-order valence-electron chi connectivity index (χ3n) is 4.63. The minimum Gasteiger partial charge on any atom is -0.384 e. The van der Waals surface area contributed by atoms with E-state index in [4.69, 9.17) is 4.98 Å². The highest BCUT2D eigenvalue weighted by atomic mass is 32.1. The molecule has 0 fully saturated rings. The molecule has 5 heteroatoms. The Kier molecular flexibility index (Phi) is 4.94. The van der Waals surface area contributed by atoms with Crippen molar-refractivity contribution in [2.45, 2.75) is 26.7 Å². The van der Waals surface area contributed by atoms with Crippen molar-refractivity contribution in [3.63, 3.8) is 0 Å². The predicted octanol–water partition coefficient (Wildman–Crippen LogP) is 5.61. The van der Waals surface area contributed by atoms with E-state index in [-0.39, 0.29) is 5.43 Å². The van der Waals surface area contributed by atoms with E-state index < -0.39 is 0 Å². The molecule has 4 rings (SSSR count). The summed E-state index contributed by atoms with van der Waals surface area (Å²) in [6.45, 7) is 5.95. The SMILES string of the molecule is CCCNc1cc2sc3ccccc3nc2c2c(NCCC)ccc(=O)c12. The largest absolute Gasteiger partial charge is 0.384 e. The van der Waals surface area contributed by atoms with Crippen LogP contribution in [0.5, 0.6) is 0 Å². The molecule has 1 aromatic heterocycles. The van der Waals surface area contributed by atoms with Crippen LogP contribution in [0.1, 0.15) is 26.7 Å². The number of rotatable bonds is 6. The van der Waals surface area contributed by atoms with Crippen LogP contribution in [0.4, 0.5) is 11.4 Å². The molecule has 0 amide bonds. The van der Waals surface area contributed by atoms with Gasteiger partial charge in [-0.2, -0.15) is 0 Å². The van der Waals surface area contributed by atoms with Crippen molar-refractivity contribution >= 4 is 53.9 Å². The maximum atomic E-state index is 12.8. The summed E-state index contributed by atoms with van der Waals surface area (Å²) < 4.78 is 2.23. The molecule has 3 aromatic carbocycles. The molecule has 2 N–H and O–H groups in total. The van der Waals surface area contributed by atoms with E-state index >= 15 is 0 Å². The van der Waals surface area contributed by atoms with Gasteiger partial charge in [-0.05, 0) is 43.2 Å². The van der Waals surface area contributed by atoms with Crippen molar-refractivity contribution < 1.29 is 0 Å². The molecule has 0 saturated heterocycles. The van der Waals surface area contributed by atoms with E-state index in [1.165, 1.54) is 0 Å². The number of para-hydroxylation sites is 1. The van der Waals surface area contributed by atoms with Crippen molar-refractivity contribution in [2.75, 3.05) is 23.7 Å². The number of nitrogens with one attached hydrogen (secondary N) is 2. The molecule has 138 valence electrons. The lowest BCUT2D eigenvalue weighted by molar-refractivity contribution is 0.980. The third-order valence-corrected chi connectivity index (χ3v) is 5.73. The summed E-state index contributed by atoms with van der Waals surface area (Å²) >= 11 is 1.72. The van der Waals surface area contributed by atoms with Gasteiger partial charge in [0, 0.05) is 29.9 Å². The van der Waals surface area contributed by atoms with Gasteiger partial charge in [-0.25, -0.2) is 4.98 Å². The Labute approximate surface area is 162 Å². The number of fused-ring (bicyclic) bond motifs is 4. The minimum absolute atomic E-state index is 0.0347. The van der Waals surface area contributed by atoms with Crippen LogP contribution in [0, 0.1) is 0 Å². The van der Waals surface area contributed by atoms with Crippen LogP contribution in [-0.2, 0) is 0 Å². The van der Waals surface area contributed by atoms with E-state index in [2.05, 4.69) is 36.6 Å². The summed E-state index contributed by atoms with van der Waals surface area (Å²) in [6.07, 6.45) is 2.02. The molecule has 0 aliphatic carbocycles. The molecule has 0 aliphatic heterocycles. The second-order valence-corrected chi connectivity index (χ2v) is 7.75. The van der Waals surface area contributed by atoms with Gasteiger partial charge < -0.3 is 10.6 Å². The van der Waals surface area contributed by atoms with Crippen LogP contribution < -0.4 is 16.1 Å². The second kappa shape index (κ2) is 7.53. The molecule has 0 radical (unpaired) electrons. The van der Waals surface area contributed by atoms with E-state index in [0.717, 1.165) is 68.5 Å². The summed E-state index contributed by atoms with van der Waals surface area (Å²) in [5.41, 5.74) is 3.77. The second-order valence-electron chi connectivity index (χ2n) is 6.67. The normalized spacial score (nSPS) is 11.3. The number of hydrogen-bond donors (Lipinski definition) is 2. The van der Waals surface area contributed by atoms with Crippen LogP contribution in [0.15, 0.2) is 47.3 Å². The molecule has 0 saturated carbocycles. The predicted molar refractivity (Wildman–Crippen MR) is 118 cm³/mol. The molecular formula is C22H23N3OS. The molecule has 0 unspecified atom stereocenters. The van der Waals surface area contributed by atoms with E-state index in [0.29, 0.717) is 0 Å². The molecule has 4 aromatic rings. The molecule has 27 heavy (non-hydrogen) atoms. The standard InChI is InChI=1S/C22H23N3OS/c1-3-11-23-15-9-10-17(26)20-16(24-12-4-2)13-19-22(21(15)20)25-14-7-5-6-8-18(14)27-19/h5-10,13,23-24H,3-4,11-12H2,1-2H3. The average Bonchev–Trinajstić information content (AvgIpc) is 2.70. The highest BCUT2D eigenvalue weighted by Gasteiger charge is 2.15. The van der Waals surface area contributed by atoms with Crippen LogP contribution in [0.3, 0.4) is 0 Å². The fourth-order valence-electron chi connectivity index (χ4n) is 3.36. The van der Waals surface area contributed by atoms with Gasteiger partial charge in [0.2, 0.25) is 0 Å². The molecule has 0 aliphatic rings. The lowest BCUT2D eigenvalue weighted by Gasteiger charge is -2.15. The first-order valence-electron chi connectivity index (χ1n) is 9.50. The van der Waals surface area contributed by atoms with Crippen molar-refractivity contribution in [1.82, 2.24) is 4.98 Å². The molecular weight excluding hydrogens is 354 g/mol. The Bertz CT molecular complexity index is 1180. The Hall–Kier alpha value is -2.66. The lowest BCUT2D eigenvalue weighted by Crippen LogP contribution is -2.10. The number of benzene rings is 3. The highest BCUT2D eigenvalue weighted by Crippen LogP contribution is 2.37. The maximum Gasteiger partial charge on any atom is 0.188 e. The quantitative estimate of drug-likeness (QED) is 0.339. The van der Waals surface area contributed by atoms with Crippen molar-refractivity contribution in [2.24, 2.45) is 0 Å². The fraction of sp³-hybridized carbons (Fsp3) is 0.273. The van der Waals surface area contributed by atoms with Gasteiger partial charge in [-0.1, -0.05) is 26.0 Å². The molecule has 0 spiro atoms. The van der Waals surface area contributed by atoms with Crippen molar-refractivity contribution in [3.05, 3.63) is 52.7 Å². The summed E-state index contributed by atoms with van der Waals surface area (Å²) in [7, 11) is 0. The monoisotopic (exact) mass is 377 g/mol. The third kappa shape index (κ3) is 3.23. The smallest absolute Gasteiger partial charge is 0.188 e. The first-order valence-corrected chi connectivity index (χ1v) is 10.3. The highest BCUT2D eigenvalue weighted by molar-refractivity contribution is 7.24. The molecule has 4 nitrogen and oxygen atoms in total. The van der Waals surface area contributed by atoms with E-state index in [1.54, 1.807) is 17.4 Å². The van der Waals surface area contributed by atoms with Crippen molar-refractivity contribution in [1.29, 1.82) is 0 Å². The molecule has 1 heterocycles. The summed E-state index contributed by atoms with van der Waals surface area (Å²) in [5.74, 6) is 0. The molecule has 0 atom stereocenters. The zero-order valence-electron chi connectivity index (χ0n) is 15.6. The molecule has 0 bridgehead atoms. The average molecular weight is 378 g/mol. The summed E-state index contributed by atoms with van der Waals surface area (Å²) in [4.78, 5) is 17.7. The number of hydrogen-bond acceptors (Lipinski definition) is 5. The summed E-state index contributed by atoms with van der Waals surface area (Å²) in [6, 6.07) is 13.8. The van der Waals surface area contributed by atoms with Crippen LogP contribution >= 0.6 is 11.3 Å². The van der Waals surface area contributed by atoms with Crippen LogP contribution in [0.2, 0.25) is 0 Å². The fourth-order valence-corrected chi connectivity index (χ4v) is 4.38. The Morgan fingerprint density at radius 1 is 0.889 bits per heavy atom. The minimum atomic E-state index is 0.0347. The van der Waals surface area contributed by atoms with Gasteiger partial charge in [0.1, 0.15) is 0 Å². The number of nitrogens with zero attached hydrogens (tertiary/aromatic N) is 1. The van der Waals surface area contributed by atoms with Crippen molar-refractivity contribution in [3.8, 4) is 0 Å². The zero-order chi connectivity index (χ0) is 18.8. The Morgan fingerprint density at radius 2 is 1.63 bits per heavy atom. The lowest BCUT2D eigenvalue weighted by atomic mass is 10.0. The van der Waals surface area contributed by atoms with Gasteiger partial charge >= 0.3 is 0 Å². The summed E-state index contributed by atoms with van der Waals surface area (Å²) in [5, 5.41) is 8.59. The Morgan fingerprint density at radius 3 is 2.41 bits per heavy atom. The first kappa shape index (κ1) is 17.7. The van der Waals surface area contributed by atoms with Gasteiger partial charge in [-0.3, -0.25) is 4.79 Å². The topological polar surface area (TPSA) is 54.0 Å². The van der Waals surface area contributed by atoms with Gasteiger partial charge in [0.15, 0.2) is 5.43 Å². The van der Waals surface area contributed by atoms with Gasteiger partial charge in [0.05, 0.1) is 25.8 Å².